The Kier molecular flexibility index (Phi) is 2.79. The maximum atomic E-state index is 4.52. The van der Waals surface area contributed by atoms with Crippen LogP contribution in [0.1, 0.15) is 50.8 Å². The van der Waals surface area contributed by atoms with Crippen molar-refractivity contribution in [3.8, 4) is 11.3 Å². The highest BCUT2D eigenvalue weighted by molar-refractivity contribution is 5.67. The Morgan fingerprint density at radius 3 is 2.20 bits per heavy atom. The molecule has 0 spiro atoms. The first-order valence-electron chi connectivity index (χ1n) is 7.38. The Morgan fingerprint density at radius 2 is 1.60 bits per heavy atom. The predicted octanol–water partition coefficient (Wildman–Crippen LogP) is 5.02. The lowest BCUT2D eigenvalue weighted by atomic mass is 9.82. The van der Waals surface area contributed by atoms with Crippen molar-refractivity contribution in [3.05, 3.63) is 53.2 Å². The number of benzene rings is 1. The topological polar surface area (TPSA) is 12.9 Å². The third-order valence-corrected chi connectivity index (χ3v) is 4.65. The summed E-state index contributed by atoms with van der Waals surface area (Å²) in [4.78, 5) is 4.52. The van der Waals surface area contributed by atoms with Crippen molar-refractivity contribution in [1.82, 2.24) is 4.98 Å². The fourth-order valence-electron chi connectivity index (χ4n) is 3.92. The summed E-state index contributed by atoms with van der Waals surface area (Å²) in [5, 5.41) is 0. The van der Waals surface area contributed by atoms with Gasteiger partial charge in [0.1, 0.15) is 0 Å². The molecule has 1 aromatic heterocycles. The monoisotopic (exact) mass is 265 g/mol. The van der Waals surface area contributed by atoms with Crippen molar-refractivity contribution in [2.45, 2.75) is 51.9 Å². The Hall–Kier alpha value is -1.63. The highest BCUT2D eigenvalue weighted by Gasteiger charge is 2.42. The van der Waals surface area contributed by atoms with Gasteiger partial charge < -0.3 is 0 Å². The Labute approximate surface area is 122 Å². The van der Waals surface area contributed by atoms with E-state index in [-0.39, 0.29) is 10.8 Å². The summed E-state index contributed by atoms with van der Waals surface area (Å²) in [6.07, 6.45) is 3.08. The quantitative estimate of drug-likeness (QED) is 0.706. The average molecular weight is 265 g/mol. The minimum Gasteiger partial charge on any atom is -0.256 e. The number of pyridine rings is 1. The smallest absolute Gasteiger partial charge is 0.0704 e. The van der Waals surface area contributed by atoms with Crippen molar-refractivity contribution in [3.63, 3.8) is 0 Å². The van der Waals surface area contributed by atoms with Crippen LogP contribution in [0.3, 0.4) is 0 Å². The van der Waals surface area contributed by atoms with Crippen LogP contribution in [0.2, 0.25) is 0 Å². The standard InChI is InChI=1S/C19H23N/c1-13-10-15-16(19(4,5)12-18(15,2)3)11-14(13)17-8-6-7-9-20-17/h6-11H,12H2,1-5H3. The highest BCUT2D eigenvalue weighted by Crippen LogP contribution is 2.50. The van der Waals surface area contributed by atoms with Crippen LogP contribution in [0.5, 0.6) is 0 Å². The molecule has 1 heterocycles. The molecular weight excluding hydrogens is 242 g/mol. The van der Waals surface area contributed by atoms with Crippen LogP contribution in [-0.4, -0.2) is 4.98 Å². The van der Waals surface area contributed by atoms with Gasteiger partial charge in [0.05, 0.1) is 5.69 Å². The Balaban J connectivity index is 2.23. The van der Waals surface area contributed by atoms with Gasteiger partial charge >= 0.3 is 0 Å². The molecule has 0 N–H and O–H groups in total. The molecule has 0 amide bonds. The summed E-state index contributed by atoms with van der Waals surface area (Å²) in [5.74, 6) is 0. The molecule has 3 rings (SSSR count). The van der Waals surface area contributed by atoms with Crippen molar-refractivity contribution < 1.29 is 0 Å². The second kappa shape index (κ2) is 4.18. The molecule has 0 aliphatic heterocycles. The number of rotatable bonds is 1. The van der Waals surface area contributed by atoms with Gasteiger partial charge in [-0.25, -0.2) is 0 Å². The molecule has 1 nitrogen and oxygen atoms in total. The van der Waals surface area contributed by atoms with Gasteiger partial charge in [-0.05, 0) is 59.1 Å². The van der Waals surface area contributed by atoms with E-state index in [1.54, 1.807) is 0 Å². The maximum absolute atomic E-state index is 4.52. The van der Waals surface area contributed by atoms with E-state index in [1.807, 2.05) is 12.3 Å². The molecule has 0 saturated carbocycles. The van der Waals surface area contributed by atoms with Gasteiger partial charge in [-0.15, -0.1) is 0 Å². The van der Waals surface area contributed by atoms with Crippen LogP contribution in [0, 0.1) is 6.92 Å². The van der Waals surface area contributed by atoms with E-state index in [0.717, 1.165) is 5.69 Å². The summed E-state index contributed by atoms with van der Waals surface area (Å²) < 4.78 is 0. The number of aromatic nitrogens is 1. The lowest BCUT2D eigenvalue weighted by Crippen LogP contribution is -2.17. The fraction of sp³-hybridized carbons (Fsp3) is 0.421. The average Bonchev–Trinajstić information content (AvgIpc) is 2.55. The van der Waals surface area contributed by atoms with E-state index in [9.17, 15) is 0 Å². The van der Waals surface area contributed by atoms with E-state index in [4.69, 9.17) is 0 Å². The summed E-state index contributed by atoms with van der Waals surface area (Å²) in [7, 11) is 0. The van der Waals surface area contributed by atoms with E-state index in [1.165, 1.54) is 28.7 Å². The molecule has 0 bridgehead atoms. The third kappa shape index (κ3) is 1.96. The molecule has 1 aliphatic rings. The maximum Gasteiger partial charge on any atom is 0.0704 e. The van der Waals surface area contributed by atoms with Crippen LogP contribution in [0.25, 0.3) is 11.3 Å². The molecule has 1 aromatic carbocycles. The zero-order valence-corrected chi connectivity index (χ0v) is 13.1. The lowest BCUT2D eigenvalue weighted by Gasteiger charge is -2.22. The molecule has 0 radical (unpaired) electrons. The summed E-state index contributed by atoms with van der Waals surface area (Å²) in [6.45, 7) is 11.6. The summed E-state index contributed by atoms with van der Waals surface area (Å²) in [6, 6.07) is 10.9. The SMILES string of the molecule is Cc1cc2c(cc1-c1ccccn1)C(C)(C)CC2(C)C. The number of aryl methyl sites for hydroxylation is 1. The number of nitrogens with zero attached hydrogens (tertiary/aromatic N) is 1. The van der Waals surface area contributed by atoms with Crippen molar-refractivity contribution >= 4 is 0 Å². The molecule has 1 heteroatoms. The summed E-state index contributed by atoms with van der Waals surface area (Å²) >= 11 is 0. The molecule has 104 valence electrons. The number of fused-ring (bicyclic) bond motifs is 1. The first-order valence-corrected chi connectivity index (χ1v) is 7.38. The van der Waals surface area contributed by atoms with Crippen molar-refractivity contribution in [2.75, 3.05) is 0 Å². The number of hydrogen-bond donors (Lipinski definition) is 0. The van der Waals surface area contributed by atoms with Crippen LogP contribution >= 0.6 is 0 Å². The first-order chi connectivity index (χ1) is 9.31. The van der Waals surface area contributed by atoms with E-state index in [0.29, 0.717) is 0 Å². The summed E-state index contributed by atoms with van der Waals surface area (Å²) in [5.41, 5.74) is 7.20. The molecule has 20 heavy (non-hydrogen) atoms. The van der Waals surface area contributed by atoms with E-state index < -0.39 is 0 Å². The molecule has 0 fully saturated rings. The molecule has 1 aliphatic carbocycles. The zero-order chi connectivity index (χ0) is 14.5. The third-order valence-electron chi connectivity index (χ3n) is 4.65. The second-order valence-corrected chi connectivity index (χ2v) is 7.37. The lowest BCUT2D eigenvalue weighted by molar-refractivity contribution is 0.403. The minimum atomic E-state index is 0.246. The molecule has 0 saturated heterocycles. The van der Waals surface area contributed by atoms with Gasteiger partial charge in [-0.3, -0.25) is 4.98 Å². The largest absolute Gasteiger partial charge is 0.256 e. The highest BCUT2D eigenvalue weighted by atomic mass is 14.7. The Bertz CT molecular complexity index is 651. The molecule has 0 unspecified atom stereocenters. The van der Waals surface area contributed by atoms with E-state index in [2.05, 4.69) is 63.9 Å². The molecule has 0 atom stereocenters. The van der Waals surface area contributed by atoms with Crippen LogP contribution in [0.4, 0.5) is 0 Å². The van der Waals surface area contributed by atoms with Gasteiger partial charge in [0.25, 0.3) is 0 Å². The zero-order valence-electron chi connectivity index (χ0n) is 13.1. The van der Waals surface area contributed by atoms with Crippen LogP contribution in [-0.2, 0) is 10.8 Å². The Morgan fingerprint density at radius 1 is 0.950 bits per heavy atom. The van der Waals surface area contributed by atoms with Crippen LogP contribution in [0.15, 0.2) is 36.5 Å². The fourth-order valence-corrected chi connectivity index (χ4v) is 3.92. The predicted molar refractivity (Wildman–Crippen MR) is 85.1 cm³/mol. The first kappa shape index (κ1) is 13.4. The van der Waals surface area contributed by atoms with Crippen molar-refractivity contribution in [1.29, 1.82) is 0 Å². The van der Waals surface area contributed by atoms with Crippen molar-refractivity contribution in [2.24, 2.45) is 0 Å². The van der Waals surface area contributed by atoms with Gasteiger partial charge in [-0.1, -0.05) is 39.8 Å². The van der Waals surface area contributed by atoms with Gasteiger partial charge in [0, 0.05) is 11.8 Å². The van der Waals surface area contributed by atoms with Gasteiger partial charge in [0.15, 0.2) is 0 Å². The van der Waals surface area contributed by atoms with E-state index >= 15 is 0 Å². The van der Waals surface area contributed by atoms with Gasteiger partial charge in [0.2, 0.25) is 0 Å². The molecule has 2 aromatic rings. The molecular formula is C19H23N. The number of hydrogen-bond acceptors (Lipinski definition) is 1. The second-order valence-electron chi connectivity index (χ2n) is 7.37. The van der Waals surface area contributed by atoms with Gasteiger partial charge in [-0.2, -0.15) is 0 Å². The van der Waals surface area contributed by atoms with Crippen LogP contribution < -0.4 is 0 Å². The normalized spacial score (nSPS) is 18.9. The minimum absolute atomic E-state index is 0.246.